The first-order valence-corrected chi connectivity index (χ1v) is 8.86. The van der Waals surface area contributed by atoms with Crippen LogP contribution in [-0.2, 0) is 6.54 Å². The van der Waals surface area contributed by atoms with E-state index in [0.29, 0.717) is 11.7 Å². The van der Waals surface area contributed by atoms with E-state index in [1.54, 1.807) is 0 Å². The number of aromatic nitrogens is 2. The first kappa shape index (κ1) is 16.0. The number of benzene rings is 2. The van der Waals surface area contributed by atoms with Gasteiger partial charge in [0.25, 0.3) is 0 Å². The molecule has 0 radical (unpaired) electrons. The third-order valence-corrected chi connectivity index (χ3v) is 4.94. The minimum atomic E-state index is 0.329. The van der Waals surface area contributed by atoms with Crippen molar-refractivity contribution in [3.8, 4) is 11.4 Å². The van der Waals surface area contributed by atoms with E-state index in [2.05, 4.69) is 59.2 Å². The van der Waals surface area contributed by atoms with Crippen LogP contribution in [0.2, 0.25) is 0 Å². The monoisotopic (exact) mass is 333 g/mol. The highest BCUT2D eigenvalue weighted by Gasteiger charge is 2.28. The Morgan fingerprint density at radius 1 is 1.12 bits per heavy atom. The van der Waals surface area contributed by atoms with Crippen LogP contribution in [0.25, 0.3) is 11.4 Å². The number of likely N-dealkylation sites (tertiary alicyclic amines) is 1. The molecule has 1 unspecified atom stereocenters. The van der Waals surface area contributed by atoms with Gasteiger partial charge in [-0.2, -0.15) is 4.98 Å². The summed E-state index contributed by atoms with van der Waals surface area (Å²) >= 11 is 0. The lowest BCUT2D eigenvalue weighted by Crippen LogP contribution is -2.19. The van der Waals surface area contributed by atoms with Crippen LogP contribution in [0.5, 0.6) is 0 Å². The molecule has 0 saturated carbocycles. The van der Waals surface area contributed by atoms with E-state index in [-0.39, 0.29) is 0 Å². The van der Waals surface area contributed by atoms with Gasteiger partial charge in [0.05, 0.1) is 5.92 Å². The van der Waals surface area contributed by atoms with Crippen LogP contribution in [0.3, 0.4) is 0 Å². The Morgan fingerprint density at radius 2 is 2.00 bits per heavy atom. The topological polar surface area (TPSA) is 42.2 Å². The van der Waals surface area contributed by atoms with Crippen LogP contribution >= 0.6 is 0 Å². The molecule has 3 aromatic rings. The molecule has 4 rings (SSSR count). The Balaban J connectivity index is 1.45. The fourth-order valence-corrected chi connectivity index (χ4v) is 3.58. The highest BCUT2D eigenvalue weighted by Crippen LogP contribution is 2.29. The van der Waals surface area contributed by atoms with Crippen LogP contribution in [0.4, 0.5) is 0 Å². The van der Waals surface area contributed by atoms with Crippen molar-refractivity contribution in [2.75, 3.05) is 13.1 Å². The summed E-state index contributed by atoms with van der Waals surface area (Å²) in [5.41, 5.74) is 4.90. The summed E-state index contributed by atoms with van der Waals surface area (Å²) in [6, 6.07) is 16.9. The van der Waals surface area contributed by atoms with Crippen molar-refractivity contribution in [2.45, 2.75) is 32.7 Å². The maximum absolute atomic E-state index is 5.59. The largest absolute Gasteiger partial charge is 0.339 e. The maximum Gasteiger partial charge on any atom is 0.231 e. The van der Waals surface area contributed by atoms with Gasteiger partial charge in [-0.15, -0.1) is 0 Å². The van der Waals surface area contributed by atoms with Gasteiger partial charge in [-0.1, -0.05) is 59.3 Å². The number of rotatable bonds is 4. The van der Waals surface area contributed by atoms with Gasteiger partial charge in [-0.3, -0.25) is 4.90 Å². The van der Waals surface area contributed by atoms with Crippen LogP contribution < -0.4 is 0 Å². The minimum Gasteiger partial charge on any atom is -0.339 e. The van der Waals surface area contributed by atoms with E-state index in [4.69, 9.17) is 4.52 Å². The van der Waals surface area contributed by atoms with Crippen molar-refractivity contribution in [3.63, 3.8) is 0 Å². The molecule has 4 heteroatoms. The maximum atomic E-state index is 5.59. The lowest BCUT2D eigenvalue weighted by atomic mass is 10.1. The summed E-state index contributed by atoms with van der Waals surface area (Å²) in [6.07, 6.45) is 1.07. The van der Waals surface area contributed by atoms with E-state index < -0.39 is 0 Å². The zero-order valence-electron chi connectivity index (χ0n) is 14.8. The molecule has 25 heavy (non-hydrogen) atoms. The van der Waals surface area contributed by atoms with Gasteiger partial charge < -0.3 is 4.52 Å². The summed E-state index contributed by atoms with van der Waals surface area (Å²) in [5.74, 6) is 1.80. The molecule has 0 spiro atoms. The van der Waals surface area contributed by atoms with Crippen molar-refractivity contribution in [2.24, 2.45) is 0 Å². The normalized spacial score (nSPS) is 17.9. The van der Waals surface area contributed by atoms with Crippen molar-refractivity contribution in [1.82, 2.24) is 15.0 Å². The molecule has 1 saturated heterocycles. The lowest BCUT2D eigenvalue weighted by Gasteiger charge is -2.15. The first-order chi connectivity index (χ1) is 12.2. The van der Waals surface area contributed by atoms with E-state index in [9.17, 15) is 0 Å². The molecule has 1 aliphatic rings. The van der Waals surface area contributed by atoms with Crippen LogP contribution in [-0.4, -0.2) is 28.1 Å². The van der Waals surface area contributed by atoms with E-state index >= 15 is 0 Å². The van der Waals surface area contributed by atoms with Crippen LogP contribution in [0, 0.1) is 13.8 Å². The predicted octanol–water partition coefficient (Wildman–Crippen LogP) is 4.34. The lowest BCUT2D eigenvalue weighted by molar-refractivity contribution is 0.309. The minimum absolute atomic E-state index is 0.329. The molecular formula is C21H23N3O. The molecule has 0 aliphatic carbocycles. The molecule has 1 fully saturated rings. The van der Waals surface area contributed by atoms with Crippen molar-refractivity contribution >= 4 is 0 Å². The summed E-state index contributed by atoms with van der Waals surface area (Å²) in [4.78, 5) is 7.14. The Kier molecular flexibility index (Phi) is 4.36. The Labute approximate surface area is 148 Å². The zero-order chi connectivity index (χ0) is 17.2. The van der Waals surface area contributed by atoms with E-state index in [0.717, 1.165) is 37.5 Å². The summed E-state index contributed by atoms with van der Waals surface area (Å²) in [6.45, 7) is 7.24. The average Bonchev–Trinajstić information content (AvgIpc) is 3.24. The highest BCUT2D eigenvalue weighted by atomic mass is 16.5. The number of hydrogen-bond donors (Lipinski definition) is 0. The standard InChI is InChI=1S/C21H23N3O/c1-15-6-5-8-17(12-15)13-24-11-10-18(14-24)21-22-20(23-25-21)19-9-4-3-7-16(19)2/h3-9,12,18H,10-11,13-14H2,1-2H3. The Morgan fingerprint density at radius 3 is 2.84 bits per heavy atom. The third kappa shape index (κ3) is 3.49. The van der Waals surface area contributed by atoms with Gasteiger partial charge >= 0.3 is 0 Å². The molecule has 2 aromatic carbocycles. The smallest absolute Gasteiger partial charge is 0.231 e. The molecule has 0 bridgehead atoms. The number of hydrogen-bond acceptors (Lipinski definition) is 4. The van der Waals surface area contributed by atoms with Crippen molar-refractivity contribution in [1.29, 1.82) is 0 Å². The third-order valence-electron chi connectivity index (χ3n) is 4.94. The number of aryl methyl sites for hydroxylation is 2. The van der Waals surface area contributed by atoms with Gasteiger partial charge in [-0.25, -0.2) is 0 Å². The summed E-state index contributed by atoms with van der Waals surface area (Å²) in [7, 11) is 0. The molecular weight excluding hydrogens is 310 g/mol. The van der Waals surface area contributed by atoms with Crippen molar-refractivity contribution < 1.29 is 4.52 Å². The van der Waals surface area contributed by atoms with E-state index in [1.807, 2.05) is 18.2 Å². The molecule has 128 valence electrons. The van der Waals surface area contributed by atoms with Gasteiger partial charge in [0.2, 0.25) is 11.7 Å². The second kappa shape index (κ2) is 6.81. The molecule has 0 amide bonds. The molecule has 1 aliphatic heterocycles. The van der Waals surface area contributed by atoms with Gasteiger partial charge in [0.15, 0.2) is 0 Å². The second-order valence-corrected chi connectivity index (χ2v) is 6.98. The SMILES string of the molecule is Cc1cccc(CN2CCC(c3nc(-c4ccccc4C)no3)C2)c1. The van der Waals surface area contributed by atoms with Gasteiger partial charge in [0.1, 0.15) is 0 Å². The molecule has 4 nitrogen and oxygen atoms in total. The zero-order valence-corrected chi connectivity index (χ0v) is 14.8. The van der Waals surface area contributed by atoms with Crippen molar-refractivity contribution in [3.05, 3.63) is 71.1 Å². The predicted molar refractivity (Wildman–Crippen MR) is 98.3 cm³/mol. The molecule has 1 aromatic heterocycles. The fourth-order valence-electron chi connectivity index (χ4n) is 3.58. The quantitative estimate of drug-likeness (QED) is 0.712. The Hall–Kier alpha value is -2.46. The Bertz CT molecular complexity index is 871. The summed E-state index contributed by atoms with van der Waals surface area (Å²) < 4.78 is 5.59. The molecule has 2 heterocycles. The van der Waals surface area contributed by atoms with E-state index in [1.165, 1.54) is 16.7 Å². The van der Waals surface area contributed by atoms with Gasteiger partial charge in [-0.05, 0) is 37.9 Å². The first-order valence-electron chi connectivity index (χ1n) is 8.86. The van der Waals surface area contributed by atoms with Crippen LogP contribution in [0.1, 0.15) is 34.9 Å². The summed E-state index contributed by atoms with van der Waals surface area (Å²) in [5, 5.41) is 4.21. The van der Waals surface area contributed by atoms with Gasteiger partial charge in [0, 0.05) is 18.7 Å². The average molecular weight is 333 g/mol. The second-order valence-electron chi connectivity index (χ2n) is 6.98. The molecule has 0 N–H and O–H groups in total. The fraction of sp³-hybridized carbons (Fsp3) is 0.333. The van der Waals surface area contributed by atoms with Crippen LogP contribution in [0.15, 0.2) is 53.1 Å². The molecule has 1 atom stereocenters. The highest BCUT2D eigenvalue weighted by molar-refractivity contribution is 5.59. The number of nitrogens with zero attached hydrogens (tertiary/aromatic N) is 3.